The molecule has 0 bridgehead atoms. The lowest BCUT2D eigenvalue weighted by molar-refractivity contribution is 0.898. The Labute approximate surface area is 70.6 Å². The van der Waals surface area contributed by atoms with Crippen molar-refractivity contribution in [2.24, 2.45) is 4.99 Å². The Bertz CT molecular complexity index is 150. The van der Waals surface area contributed by atoms with Gasteiger partial charge in [0, 0.05) is 5.75 Å². The molecule has 0 aromatic rings. The lowest BCUT2D eigenvalue weighted by atomic mass is 10.4. The largest absolute Gasteiger partial charge is 0.241 e. The van der Waals surface area contributed by atoms with E-state index in [9.17, 15) is 0 Å². The van der Waals surface area contributed by atoms with Crippen LogP contribution < -0.4 is 0 Å². The SMILES string of the molecule is CCCCSC(=S)N=C=N. The lowest BCUT2D eigenvalue weighted by Crippen LogP contribution is -1.84. The molecule has 0 amide bonds. The van der Waals surface area contributed by atoms with Gasteiger partial charge in [-0.3, -0.25) is 0 Å². The van der Waals surface area contributed by atoms with Crippen LogP contribution in [0.5, 0.6) is 0 Å². The van der Waals surface area contributed by atoms with E-state index in [1.165, 1.54) is 18.2 Å². The fourth-order valence-corrected chi connectivity index (χ4v) is 1.40. The summed E-state index contributed by atoms with van der Waals surface area (Å²) in [7, 11) is 0. The number of thioether (sulfide) groups is 1. The van der Waals surface area contributed by atoms with Crippen LogP contribution in [-0.2, 0) is 0 Å². The molecular formula is C6H10N2S2. The standard InChI is InChI=1S/C6H10N2S2/c1-2-3-4-10-6(9)8-5-7/h7H,2-4H2,1H3. The van der Waals surface area contributed by atoms with Crippen molar-refractivity contribution in [3.05, 3.63) is 0 Å². The first kappa shape index (κ1) is 9.82. The van der Waals surface area contributed by atoms with Gasteiger partial charge in [0.15, 0.2) is 4.32 Å². The molecular weight excluding hydrogens is 164 g/mol. The maximum atomic E-state index is 6.50. The summed E-state index contributed by atoms with van der Waals surface area (Å²) in [6.07, 6.45) is 2.32. The van der Waals surface area contributed by atoms with E-state index < -0.39 is 0 Å². The fraction of sp³-hybridized carbons (Fsp3) is 0.667. The average Bonchev–Trinajstić information content (AvgIpc) is 1.89. The third-order valence-corrected chi connectivity index (χ3v) is 2.15. The first-order chi connectivity index (χ1) is 4.81. The minimum atomic E-state index is 0.517. The number of thiocarbonyl (C=S) groups is 1. The molecule has 0 spiro atoms. The second-order valence-electron chi connectivity index (χ2n) is 1.69. The molecule has 0 aromatic carbocycles. The van der Waals surface area contributed by atoms with Gasteiger partial charge in [-0.2, -0.15) is 4.99 Å². The van der Waals surface area contributed by atoms with Crippen LogP contribution in [0.25, 0.3) is 0 Å². The molecule has 4 heteroatoms. The number of aliphatic imine (C=N–C) groups is 1. The van der Waals surface area contributed by atoms with E-state index >= 15 is 0 Å². The summed E-state index contributed by atoms with van der Waals surface area (Å²) in [4.78, 5) is 3.51. The zero-order chi connectivity index (χ0) is 7.82. The van der Waals surface area contributed by atoms with Gasteiger partial charge < -0.3 is 0 Å². The van der Waals surface area contributed by atoms with Crippen LogP contribution in [0.15, 0.2) is 4.99 Å². The van der Waals surface area contributed by atoms with Crippen molar-refractivity contribution in [2.45, 2.75) is 19.8 Å². The van der Waals surface area contributed by atoms with Crippen molar-refractivity contribution in [1.82, 2.24) is 0 Å². The smallest absolute Gasteiger partial charge is 0.171 e. The zero-order valence-electron chi connectivity index (χ0n) is 5.89. The molecule has 0 rings (SSSR count). The zero-order valence-corrected chi connectivity index (χ0v) is 7.52. The minimum absolute atomic E-state index is 0.517. The monoisotopic (exact) mass is 174 g/mol. The topological polar surface area (TPSA) is 36.2 Å². The third-order valence-electron chi connectivity index (χ3n) is 0.871. The summed E-state index contributed by atoms with van der Waals surface area (Å²) in [5, 5.41) is 6.50. The number of nitrogens with one attached hydrogen (secondary N) is 1. The predicted octanol–water partition coefficient (Wildman–Crippen LogP) is 2.56. The summed E-state index contributed by atoms with van der Waals surface area (Å²) < 4.78 is 0.517. The van der Waals surface area contributed by atoms with Gasteiger partial charge >= 0.3 is 0 Å². The van der Waals surface area contributed by atoms with Gasteiger partial charge in [0.25, 0.3) is 0 Å². The first-order valence-corrected chi connectivity index (χ1v) is 4.50. The van der Waals surface area contributed by atoms with Gasteiger partial charge in [0.1, 0.15) is 0 Å². The number of unbranched alkanes of at least 4 members (excludes halogenated alkanes) is 1. The Morgan fingerprint density at radius 1 is 1.80 bits per heavy atom. The van der Waals surface area contributed by atoms with Crippen molar-refractivity contribution >= 4 is 34.3 Å². The van der Waals surface area contributed by atoms with Crippen LogP contribution in [0.2, 0.25) is 0 Å². The van der Waals surface area contributed by atoms with Gasteiger partial charge in [-0.1, -0.05) is 25.1 Å². The molecule has 0 fully saturated rings. The average molecular weight is 174 g/mol. The van der Waals surface area contributed by atoms with E-state index in [0.717, 1.165) is 12.2 Å². The first-order valence-electron chi connectivity index (χ1n) is 3.10. The second kappa shape index (κ2) is 6.93. The van der Waals surface area contributed by atoms with E-state index in [-0.39, 0.29) is 0 Å². The maximum absolute atomic E-state index is 6.50. The molecule has 0 heterocycles. The van der Waals surface area contributed by atoms with Crippen LogP contribution in [0.1, 0.15) is 19.8 Å². The molecule has 0 saturated carbocycles. The maximum Gasteiger partial charge on any atom is 0.171 e. The van der Waals surface area contributed by atoms with E-state index in [1.807, 2.05) is 6.01 Å². The third kappa shape index (κ3) is 5.95. The van der Waals surface area contributed by atoms with E-state index in [2.05, 4.69) is 11.9 Å². The molecule has 0 aliphatic rings. The van der Waals surface area contributed by atoms with Gasteiger partial charge in [-0.25, -0.2) is 5.41 Å². The predicted molar refractivity (Wildman–Crippen MR) is 50.1 cm³/mol. The number of rotatable bonds is 3. The highest BCUT2D eigenvalue weighted by molar-refractivity contribution is 8.23. The summed E-state index contributed by atoms with van der Waals surface area (Å²) in [6.45, 7) is 2.13. The van der Waals surface area contributed by atoms with Gasteiger partial charge in [-0.15, -0.1) is 0 Å². The van der Waals surface area contributed by atoms with Gasteiger partial charge in [0.05, 0.1) is 6.01 Å². The Kier molecular flexibility index (Phi) is 6.81. The Morgan fingerprint density at radius 3 is 3.00 bits per heavy atom. The van der Waals surface area contributed by atoms with Crippen molar-refractivity contribution in [1.29, 1.82) is 5.41 Å². The van der Waals surface area contributed by atoms with Gasteiger partial charge in [-0.05, 0) is 18.6 Å². The highest BCUT2D eigenvalue weighted by Crippen LogP contribution is 2.07. The van der Waals surface area contributed by atoms with Crippen LogP contribution >= 0.6 is 24.0 Å². The summed E-state index contributed by atoms with van der Waals surface area (Å²) in [5.74, 6) is 1.00. The lowest BCUT2D eigenvalue weighted by Gasteiger charge is -1.92. The number of nitrogens with zero attached hydrogens (tertiary/aromatic N) is 1. The molecule has 0 aromatic heterocycles. The molecule has 0 radical (unpaired) electrons. The molecule has 0 aliphatic carbocycles. The molecule has 0 saturated heterocycles. The normalized spacial score (nSPS) is 8.50. The number of hydrogen-bond acceptors (Lipinski definition) is 3. The van der Waals surface area contributed by atoms with Gasteiger partial charge in [0.2, 0.25) is 0 Å². The van der Waals surface area contributed by atoms with Crippen LogP contribution in [0.4, 0.5) is 0 Å². The van der Waals surface area contributed by atoms with Crippen LogP contribution in [-0.4, -0.2) is 16.1 Å². The van der Waals surface area contributed by atoms with E-state index in [4.69, 9.17) is 17.6 Å². The quantitative estimate of drug-likeness (QED) is 0.405. The Balaban J connectivity index is 3.31. The van der Waals surface area contributed by atoms with Crippen LogP contribution in [0.3, 0.4) is 0 Å². The Morgan fingerprint density at radius 2 is 2.50 bits per heavy atom. The number of hydrogen-bond donors (Lipinski definition) is 1. The summed E-state index contributed by atoms with van der Waals surface area (Å²) in [6, 6.07) is 1.91. The molecule has 0 unspecified atom stereocenters. The molecule has 56 valence electrons. The molecule has 10 heavy (non-hydrogen) atoms. The molecule has 2 nitrogen and oxygen atoms in total. The second-order valence-corrected chi connectivity index (χ2v) is 3.42. The summed E-state index contributed by atoms with van der Waals surface area (Å²) >= 11 is 6.29. The van der Waals surface area contributed by atoms with Crippen LogP contribution in [0, 0.1) is 5.41 Å². The van der Waals surface area contributed by atoms with E-state index in [0.29, 0.717) is 4.32 Å². The Hall–Kier alpha value is -0.180. The van der Waals surface area contributed by atoms with Crippen molar-refractivity contribution in [3.63, 3.8) is 0 Å². The molecule has 0 atom stereocenters. The highest BCUT2D eigenvalue weighted by Gasteiger charge is 1.91. The van der Waals surface area contributed by atoms with Crippen molar-refractivity contribution in [3.8, 4) is 0 Å². The minimum Gasteiger partial charge on any atom is -0.241 e. The fourth-order valence-electron chi connectivity index (χ4n) is 0.382. The van der Waals surface area contributed by atoms with E-state index in [1.54, 1.807) is 0 Å². The van der Waals surface area contributed by atoms with Crippen molar-refractivity contribution in [2.75, 3.05) is 5.75 Å². The molecule has 1 N–H and O–H groups in total. The van der Waals surface area contributed by atoms with Crippen molar-refractivity contribution < 1.29 is 0 Å². The highest BCUT2D eigenvalue weighted by atomic mass is 32.2. The molecule has 0 aliphatic heterocycles. The summed E-state index contributed by atoms with van der Waals surface area (Å²) in [5.41, 5.74) is 0.